The molecule has 7 nitrogen and oxygen atoms in total. The Labute approximate surface area is 142 Å². The number of benzene rings is 1. The van der Waals surface area contributed by atoms with Crippen molar-refractivity contribution in [3.63, 3.8) is 0 Å². The van der Waals surface area contributed by atoms with Crippen LogP contribution in [-0.4, -0.2) is 32.4 Å². The van der Waals surface area contributed by atoms with Gasteiger partial charge >= 0.3 is 5.97 Å². The number of esters is 1. The minimum atomic E-state index is -3.58. The van der Waals surface area contributed by atoms with Crippen LogP contribution >= 0.6 is 0 Å². The third-order valence-electron chi connectivity index (χ3n) is 2.96. The van der Waals surface area contributed by atoms with E-state index < -0.39 is 28.0 Å². The molecule has 0 bridgehead atoms. The minimum Gasteiger partial charge on any atom is -0.452 e. The van der Waals surface area contributed by atoms with Crippen LogP contribution in [-0.2, 0) is 24.3 Å². The molecule has 24 heavy (non-hydrogen) atoms. The van der Waals surface area contributed by atoms with E-state index in [1.807, 2.05) is 0 Å². The highest BCUT2D eigenvalue weighted by molar-refractivity contribution is 7.89. The lowest BCUT2D eigenvalue weighted by atomic mass is 10.2. The topological polar surface area (TPSA) is 102 Å². The van der Waals surface area contributed by atoms with Crippen LogP contribution in [0.25, 0.3) is 0 Å². The van der Waals surface area contributed by atoms with E-state index in [-0.39, 0.29) is 16.9 Å². The number of rotatable bonds is 7. The Hall–Kier alpha value is -1.93. The van der Waals surface area contributed by atoms with Gasteiger partial charge in [-0.1, -0.05) is 13.8 Å². The quantitative estimate of drug-likeness (QED) is 0.727. The molecule has 2 N–H and O–H groups in total. The van der Waals surface area contributed by atoms with E-state index >= 15 is 0 Å². The molecule has 0 radical (unpaired) electrons. The molecule has 0 saturated carbocycles. The highest BCUT2D eigenvalue weighted by Crippen LogP contribution is 2.15. The lowest BCUT2D eigenvalue weighted by Gasteiger charge is -2.15. The maximum absolute atomic E-state index is 12.0. The molecule has 0 aromatic heterocycles. The number of ether oxygens (including phenoxy) is 1. The molecule has 1 atom stereocenters. The van der Waals surface area contributed by atoms with Crippen molar-refractivity contribution in [1.29, 1.82) is 0 Å². The average molecular weight is 356 g/mol. The molecule has 1 rings (SSSR count). The maximum Gasteiger partial charge on any atom is 0.309 e. The first kappa shape index (κ1) is 20.1. The summed E-state index contributed by atoms with van der Waals surface area (Å²) in [4.78, 5) is 23.6. The van der Waals surface area contributed by atoms with E-state index in [4.69, 9.17) is 4.74 Å². The zero-order chi connectivity index (χ0) is 18.5. The summed E-state index contributed by atoms with van der Waals surface area (Å²) in [7, 11) is -3.58. The van der Waals surface area contributed by atoms with Crippen LogP contribution in [0.3, 0.4) is 0 Å². The second-order valence-corrected chi connectivity index (χ2v) is 7.74. The number of hydrogen-bond donors (Lipinski definition) is 2. The fraction of sp³-hybridized carbons (Fsp3) is 0.500. The van der Waals surface area contributed by atoms with E-state index in [9.17, 15) is 18.0 Å². The summed E-state index contributed by atoms with van der Waals surface area (Å²) in [6.07, 6.45) is -0.939. The molecule has 1 aromatic carbocycles. The van der Waals surface area contributed by atoms with Crippen LogP contribution in [0, 0.1) is 5.92 Å². The van der Waals surface area contributed by atoms with E-state index in [1.54, 1.807) is 27.7 Å². The van der Waals surface area contributed by atoms with E-state index in [0.29, 0.717) is 5.69 Å². The van der Waals surface area contributed by atoms with Crippen molar-refractivity contribution in [3.8, 4) is 0 Å². The van der Waals surface area contributed by atoms with Gasteiger partial charge in [-0.3, -0.25) is 9.59 Å². The van der Waals surface area contributed by atoms with Crippen molar-refractivity contribution >= 4 is 27.6 Å². The molecule has 1 amide bonds. The van der Waals surface area contributed by atoms with Crippen molar-refractivity contribution in [2.24, 2.45) is 5.92 Å². The van der Waals surface area contributed by atoms with Gasteiger partial charge in [0.05, 0.1) is 10.8 Å². The van der Waals surface area contributed by atoms with Gasteiger partial charge in [-0.15, -0.1) is 0 Å². The van der Waals surface area contributed by atoms with Gasteiger partial charge < -0.3 is 10.1 Å². The Morgan fingerprint density at radius 2 is 1.54 bits per heavy atom. The summed E-state index contributed by atoms with van der Waals surface area (Å²) in [5, 5.41) is 2.57. The van der Waals surface area contributed by atoms with Gasteiger partial charge in [0, 0.05) is 11.7 Å². The van der Waals surface area contributed by atoms with Crippen molar-refractivity contribution in [2.45, 2.75) is 51.7 Å². The molecule has 134 valence electrons. The van der Waals surface area contributed by atoms with Crippen LogP contribution in [0.15, 0.2) is 29.2 Å². The molecule has 0 aliphatic rings. The highest BCUT2D eigenvalue weighted by atomic mass is 32.2. The number of sulfonamides is 1. The Balaban J connectivity index is 2.73. The average Bonchev–Trinajstić information content (AvgIpc) is 2.46. The van der Waals surface area contributed by atoms with Crippen LogP contribution in [0.2, 0.25) is 0 Å². The highest BCUT2D eigenvalue weighted by Gasteiger charge is 2.20. The predicted molar refractivity (Wildman–Crippen MR) is 90.9 cm³/mol. The van der Waals surface area contributed by atoms with E-state index in [2.05, 4.69) is 10.0 Å². The van der Waals surface area contributed by atoms with Crippen LogP contribution in [0.1, 0.15) is 34.6 Å². The van der Waals surface area contributed by atoms with Crippen molar-refractivity contribution in [3.05, 3.63) is 24.3 Å². The third-order valence-corrected chi connectivity index (χ3v) is 4.63. The van der Waals surface area contributed by atoms with Gasteiger partial charge in [-0.05, 0) is 45.0 Å². The van der Waals surface area contributed by atoms with E-state index in [0.717, 1.165) is 0 Å². The molecule has 1 unspecified atom stereocenters. The second-order valence-electron chi connectivity index (χ2n) is 6.02. The van der Waals surface area contributed by atoms with Gasteiger partial charge in [0.25, 0.3) is 5.91 Å². The number of nitrogens with one attached hydrogen (secondary N) is 2. The number of carbonyl (C=O) groups is 2. The van der Waals surface area contributed by atoms with Gasteiger partial charge in [0.1, 0.15) is 0 Å². The van der Waals surface area contributed by atoms with E-state index in [1.165, 1.54) is 31.2 Å². The van der Waals surface area contributed by atoms with Crippen LogP contribution in [0.4, 0.5) is 5.69 Å². The van der Waals surface area contributed by atoms with Crippen LogP contribution < -0.4 is 10.0 Å². The fourth-order valence-electron chi connectivity index (χ4n) is 1.70. The minimum absolute atomic E-state index is 0.105. The summed E-state index contributed by atoms with van der Waals surface area (Å²) in [5.74, 6) is -1.27. The second kappa shape index (κ2) is 8.25. The standard InChI is InChI=1S/C16H24N2O5S/c1-10(2)16(20)23-12(5)15(19)17-13-6-8-14(9-7-13)24(21,22)18-11(3)4/h6-12,18H,1-5H3,(H,17,19). The number of amides is 1. The summed E-state index contributed by atoms with van der Waals surface area (Å²) >= 11 is 0. The van der Waals surface area contributed by atoms with Gasteiger partial charge in [0.15, 0.2) is 6.10 Å². The Morgan fingerprint density at radius 1 is 1.00 bits per heavy atom. The van der Waals surface area contributed by atoms with Gasteiger partial charge in [-0.25, -0.2) is 13.1 Å². The molecular weight excluding hydrogens is 332 g/mol. The summed E-state index contributed by atoms with van der Waals surface area (Å²) in [6.45, 7) is 8.29. The fourth-order valence-corrected chi connectivity index (χ4v) is 2.95. The van der Waals surface area contributed by atoms with Gasteiger partial charge in [0.2, 0.25) is 10.0 Å². The lowest BCUT2D eigenvalue weighted by Crippen LogP contribution is -2.31. The first-order valence-corrected chi connectivity index (χ1v) is 9.15. The smallest absolute Gasteiger partial charge is 0.309 e. The largest absolute Gasteiger partial charge is 0.452 e. The molecule has 1 aromatic rings. The Kier molecular flexibility index (Phi) is 6.92. The zero-order valence-corrected chi connectivity index (χ0v) is 15.3. The molecule has 0 spiro atoms. The lowest BCUT2D eigenvalue weighted by molar-refractivity contribution is -0.156. The van der Waals surface area contributed by atoms with Crippen molar-refractivity contribution < 1.29 is 22.7 Å². The SMILES string of the molecule is CC(C)NS(=O)(=O)c1ccc(NC(=O)C(C)OC(=O)C(C)C)cc1. The molecule has 0 aliphatic carbocycles. The molecule has 8 heteroatoms. The summed E-state index contributed by atoms with van der Waals surface area (Å²) in [6, 6.07) is 5.52. The number of anilines is 1. The normalized spacial score (nSPS) is 13.0. The number of hydrogen-bond acceptors (Lipinski definition) is 5. The van der Waals surface area contributed by atoms with Crippen molar-refractivity contribution in [1.82, 2.24) is 4.72 Å². The first-order chi connectivity index (χ1) is 11.0. The maximum atomic E-state index is 12.0. The monoisotopic (exact) mass is 356 g/mol. The van der Waals surface area contributed by atoms with Crippen molar-refractivity contribution in [2.75, 3.05) is 5.32 Å². The molecule has 0 heterocycles. The molecular formula is C16H24N2O5S. The molecule has 0 saturated heterocycles. The van der Waals surface area contributed by atoms with Gasteiger partial charge in [-0.2, -0.15) is 0 Å². The van der Waals surface area contributed by atoms with Crippen LogP contribution in [0.5, 0.6) is 0 Å². The Bertz CT molecular complexity index is 681. The summed E-state index contributed by atoms with van der Waals surface area (Å²) in [5.41, 5.74) is 0.413. The predicted octanol–water partition coefficient (Wildman–Crippen LogP) is 1.90. The number of carbonyl (C=O) groups excluding carboxylic acids is 2. The summed E-state index contributed by atoms with van der Waals surface area (Å²) < 4.78 is 31.5. The zero-order valence-electron chi connectivity index (χ0n) is 14.5. The molecule has 0 aliphatic heterocycles. The Morgan fingerprint density at radius 3 is 2.00 bits per heavy atom. The molecule has 0 fully saturated rings. The first-order valence-electron chi connectivity index (χ1n) is 7.66. The third kappa shape index (κ3) is 5.93.